The van der Waals surface area contributed by atoms with Crippen LogP contribution < -0.4 is 10.6 Å². The lowest BCUT2D eigenvalue weighted by molar-refractivity contribution is -0.384. The van der Waals surface area contributed by atoms with E-state index >= 15 is 0 Å². The number of nitrogens with one attached hydrogen (secondary N) is 2. The second-order valence-corrected chi connectivity index (χ2v) is 9.33. The highest BCUT2D eigenvalue weighted by Crippen LogP contribution is 2.47. The topological polar surface area (TPSA) is 132 Å². The molecule has 1 aromatic carbocycles. The van der Waals surface area contributed by atoms with E-state index in [9.17, 15) is 23.3 Å². The Morgan fingerprint density at radius 3 is 2.67 bits per heavy atom. The van der Waals surface area contributed by atoms with Gasteiger partial charge in [-0.05, 0) is 42.7 Å². The summed E-state index contributed by atoms with van der Waals surface area (Å²) in [5.41, 5.74) is -0.169. The van der Waals surface area contributed by atoms with Crippen LogP contribution in [0.2, 0.25) is 0 Å². The Balaban J connectivity index is 1.49. The van der Waals surface area contributed by atoms with Gasteiger partial charge in [-0.25, -0.2) is 8.42 Å². The zero-order chi connectivity index (χ0) is 21.9. The Morgan fingerprint density at radius 2 is 2.03 bits per heavy atom. The summed E-state index contributed by atoms with van der Waals surface area (Å²) in [6, 6.07) is 7.40. The normalized spacial score (nSPS) is 18.3. The fourth-order valence-corrected chi connectivity index (χ4v) is 3.66. The van der Waals surface area contributed by atoms with Crippen molar-refractivity contribution in [1.82, 2.24) is 5.32 Å². The Bertz CT molecular complexity index is 1090. The van der Waals surface area contributed by atoms with Gasteiger partial charge in [-0.2, -0.15) is 0 Å². The Kier molecular flexibility index (Phi) is 6.25. The summed E-state index contributed by atoms with van der Waals surface area (Å²) in [6.45, 7) is 2.61. The lowest BCUT2D eigenvalue weighted by Crippen LogP contribution is -2.27. The molecule has 1 heterocycles. The Labute approximate surface area is 174 Å². The van der Waals surface area contributed by atoms with Gasteiger partial charge in [-0.15, -0.1) is 0 Å². The summed E-state index contributed by atoms with van der Waals surface area (Å²) < 4.78 is 28.8. The van der Waals surface area contributed by atoms with Crippen LogP contribution in [0.25, 0.3) is 6.08 Å². The highest BCUT2D eigenvalue weighted by molar-refractivity contribution is 7.90. The number of anilines is 1. The van der Waals surface area contributed by atoms with Crippen molar-refractivity contribution in [2.24, 2.45) is 5.92 Å². The molecule has 0 spiro atoms. The van der Waals surface area contributed by atoms with Crippen LogP contribution in [0, 0.1) is 16.0 Å². The fraction of sp³-hybridized carbons (Fsp3) is 0.350. The molecule has 2 atom stereocenters. The van der Waals surface area contributed by atoms with Crippen LogP contribution in [0.15, 0.2) is 45.7 Å². The minimum atomic E-state index is -3.55. The van der Waals surface area contributed by atoms with E-state index in [4.69, 9.17) is 4.42 Å². The molecule has 1 fully saturated rings. The fourth-order valence-electron chi connectivity index (χ4n) is 3.02. The minimum absolute atomic E-state index is 0.129. The molecule has 9 nitrogen and oxygen atoms in total. The van der Waals surface area contributed by atoms with Gasteiger partial charge in [-0.3, -0.25) is 14.9 Å². The van der Waals surface area contributed by atoms with Gasteiger partial charge in [0.2, 0.25) is 5.91 Å². The first-order valence-corrected chi connectivity index (χ1v) is 11.3. The maximum Gasteiger partial charge on any atom is 0.293 e. The monoisotopic (exact) mass is 433 g/mol. The molecule has 2 aromatic rings. The second-order valence-electron chi connectivity index (χ2n) is 7.32. The highest BCUT2D eigenvalue weighted by Gasteiger charge is 2.36. The van der Waals surface area contributed by atoms with Crippen LogP contribution >= 0.6 is 0 Å². The summed E-state index contributed by atoms with van der Waals surface area (Å²) in [7, 11) is -3.55. The first-order chi connectivity index (χ1) is 14.1. The van der Waals surface area contributed by atoms with Crippen molar-refractivity contribution >= 4 is 33.2 Å². The molecule has 160 valence electrons. The number of furan rings is 1. The molecule has 2 unspecified atom stereocenters. The average Bonchev–Trinajstić information content (AvgIpc) is 3.22. The number of benzene rings is 1. The maximum atomic E-state index is 11.9. The van der Waals surface area contributed by atoms with E-state index in [1.54, 1.807) is 6.08 Å². The lowest BCUT2D eigenvalue weighted by atomic mass is 10.2. The van der Waals surface area contributed by atoms with Gasteiger partial charge in [0.05, 0.1) is 9.82 Å². The summed E-state index contributed by atoms with van der Waals surface area (Å²) >= 11 is 0. The number of amides is 1. The van der Waals surface area contributed by atoms with E-state index in [2.05, 4.69) is 17.6 Å². The van der Waals surface area contributed by atoms with Gasteiger partial charge < -0.3 is 15.1 Å². The molecule has 1 aromatic heterocycles. The molecule has 2 N–H and O–H groups in total. The predicted octanol–water partition coefficient (Wildman–Crippen LogP) is 2.96. The number of nitro groups is 1. The van der Waals surface area contributed by atoms with Crippen molar-refractivity contribution in [1.29, 1.82) is 0 Å². The van der Waals surface area contributed by atoms with Gasteiger partial charge in [0, 0.05) is 37.4 Å². The Morgan fingerprint density at radius 1 is 1.30 bits per heavy atom. The molecular formula is C20H23N3O6S. The largest absolute Gasteiger partial charge is 0.461 e. The number of nitrogens with zero attached hydrogens (tertiary/aromatic N) is 1. The van der Waals surface area contributed by atoms with E-state index in [0.29, 0.717) is 17.6 Å². The predicted molar refractivity (Wildman–Crippen MR) is 112 cm³/mol. The molecule has 0 saturated heterocycles. The third-order valence-electron chi connectivity index (χ3n) is 4.86. The highest BCUT2D eigenvalue weighted by atomic mass is 32.2. The first-order valence-electron chi connectivity index (χ1n) is 9.43. The van der Waals surface area contributed by atoms with E-state index in [1.165, 1.54) is 18.2 Å². The molecule has 3 rings (SSSR count). The van der Waals surface area contributed by atoms with Gasteiger partial charge in [0.25, 0.3) is 5.69 Å². The molecule has 1 aliphatic rings. The quantitative estimate of drug-likeness (QED) is 0.269. The van der Waals surface area contributed by atoms with Gasteiger partial charge >= 0.3 is 0 Å². The van der Waals surface area contributed by atoms with Crippen molar-refractivity contribution in [2.75, 3.05) is 24.7 Å². The molecule has 0 aliphatic heterocycles. The van der Waals surface area contributed by atoms with Crippen molar-refractivity contribution in [2.45, 2.75) is 24.2 Å². The van der Waals surface area contributed by atoms with Crippen LogP contribution in [0.3, 0.4) is 0 Å². The standard InChI is InChI=1S/C20H23N3O6S/c1-13-11-16(13)19-7-3-14(29-19)4-8-20(24)22-10-9-21-17-6-5-15(30(2,27)28)12-18(17)23(25)26/h3-8,12-13,16,21H,9-11H2,1-2H3,(H,22,24)/b8-4+. The average molecular weight is 433 g/mol. The summed E-state index contributed by atoms with van der Waals surface area (Å²) in [6.07, 6.45) is 5.06. The number of nitro benzene ring substituents is 1. The van der Waals surface area contributed by atoms with Gasteiger partial charge in [0.1, 0.15) is 17.2 Å². The smallest absolute Gasteiger partial charge is 0.293 e. The van der Waals surface area contributed by atoms with E-state index in [-0.39, 0.29) is 35.3 Å². The molecule has 30 heavy (non-hydrogen) atoms. The van der Waals surface area contributed by atoms with Crippen LogP contribution in [-0.4, -0.2) is 38.6 Å². The molecule has 1 saturated carbocycles. The van der Waals surface area contributed by atoms with Crippen LogP contribution in [-0.2, 0) is 14.6 Å². The third kappa shape index (κ3) is 5.47. The number of carbonyl (C=O) groups is 1. The SMILES string of the molecule is CC1CC1c1ccc(/C=C/C(=O)NCCNc2ccc(S(C)(=O)=O)cc2[N+](=O)[O-])o1. The lowest BCUT2D eigenvalue weighted by Gasteiger charge is -2.08. The molecule has 0 radical (unpaired) electrons. The summed E-state index contributed by atoms with van der Waals surface area (Å²) in [4.78, 5) is 22.3. The summed E-state index contributed by atoms with van der Waals surface area (Å²) in [5, 5.41) is 16.7. The molecule has 10 heteroatoms. The molecule has 0 bridgehead atoms. The van der Waals surface area contributed by atoms with E-state index in [0.717, 1.165) is 24.5 Å². The molecular weight excluding hydrogens is 410 g/mol. The maximum absolute atomic E-state index is 11.9. The number of hydrogen-bond acceptors (Lipinski definition) is 7. The zero-order valence-corrected chi connectivity index (χ0v) is 17.4. The van der Waals surface area contributed by atoms with Crippen molar-refractivity contribution in [3.05, 3.63) is 58.0 Å². The number of rotatable bonds is 9. The van der Waals surface area contributed by atoms with Crippen molar-refractivity contribution in [3.8, 4) is 0 Å². The van der Waals surface area contributed by atoms with Gasteiger partial charge in [0.15, 0.2) is 9.84 Å². The molecule has 1 amide bonds. The van der Waals surface area contributed by atoms with Crippen molar-refractivity contribution < 1.29 is 22.6 Å². The number of sulfone groups is 1. The van der Waals surface area contributed by atoms with Gasteiger partial charge in [-0.1, -0.05) is 6.92 Å². The van der Waals surface area contributed by atoms with Crippen molar-refractivity contribution in [3.63, 3.8) is 0 Å². The minimum Gasteiger partial charge on any atom is -0.461 e. The van der Waals surface area contributed by atoms with E-state index in [1.807, 2.05) is 12.1 Å². The summed E-state index contributed by atoms with van der Waals surface area (Å²) in [5.74, 6) is 2.34. The van der Waals surface area contributed by atoms with Crippen LogP contribution in [0.1, 0.15) is 30.8 Å². The Hall–Kier alpha value is -3.14. The van der Waals surface area contributed by atoms with Crippen LogP contribution in [0.4, 0.5) is 11.4 Å². The molecule has 1 aliphatic carbocycles. The van der Waals surface area contributed by atoms with E-state index < -0.39 is 14.8 Å². The zero-order valence-electron chi connectivity index (χ0n) is 16.6. The second kappa shape index (κ2) is 8.70. The van der Waals surface area contributed by atoms with Crippen LogP contribution in [0.5, 0.6) is 0 Å². The number of carbonyl (C=O) groups excluding carboxylic acids is 1. The first kappa shape index (κ1) is 21.6. The third-order valence-corrected chi connectivity index (χ3v) is 5.97. The number of hydrogen-bond donors (Lipinski definition) is 2.